The number of nitrogens with two attached hydrogens (primary N) is 3. The second-order valence-electron chi connectivity index (χ2n) is 20.1. The number of rotatable bonds is 38. The molecule has 1 aromatic rings. The van der Waals surface area contributed by atoms with Gasteiger partial charge in [-0.3, -0.25) is 52.7 Å². The number of phenolic OH excluding ortho intramolecular Hbond substituents is 1. The van der Waals surface area contributed by atoms with Crippen LogP contribution in [0.2, 0.25) is 0 Å². The Morgan fingerprint density at radius 1 is 0.688 bits per heavy atom. The SMILES string of the molecule is CCC(C)C(NC(=O)C(NC(=O)C(CCCCN)NC(=O)C1CCCN1C(=O)C(CC(=O)O)NC(=O)CNC(=O)C(CCCCN)NC(=O)C(N)CCSC)C(C)C)C(=O)NC(CC(=O)O)C(=O)NC(C=O)Cc1ccc(O)cc1. The van der Waals surface area contributed by atoms with E-state index in [1.165, 1.54) is 36.0 Å². The van der Waals surface area contributed by atoms with Crippen LogP contribution >= 0.6 is 11.8 Å². The minimum Gasteiger partial charge on any atom is -0.508 e. The van der Waals surface area contributed by atoms with Crippen LogP contribution in [-0.2, 0) is 64.0 Å². The lowest BCUT2D eigenvalue weighted by Crippen LogP contribution is -2.61. The first-order chi connectivity index (χ1) is 37.9. The fraction of sp³-hybridized carbons (Fsp3) is 0.654. The van der Waals surface area contributed by atoms with E-state index in [2.05, 4.69) is 42.5 Å². The molecule has 1 saturated heterocycles. The quantitative estimate of drug-likeness (QED) is 0.0243. The van der Waals surface area contributed by atoms with Crippen molar-refractivity contribution in [1.29, 1.82) is 0 Å². The van der Waals surface area contributed by atoms with Gasteiger partial charge < -0.3 is 84.7 Å². The van der Waals surface area contributed by atoms with Gasteiger partial charge in [0, 0.05) is 6.54 Å². The van der Waals surface area contributed by atoms with Crippen molar-refractivity contribution >= 4 is 83.2 Å². The van der Waals surface area contributed by atoms with Gasteiger partial charge in [0.05, 0.1) is 31.5 Å². The molecule has 0 saturated carbocycles. The van der Waals surface area contributed by atoms with Gasteiger partial charge in [-0.2, -0.15) is 11.8 Å². The van der Waals surface area contributed by atoms with E-state index in [-0.39, 0.29) is 50.9 Å². The minimum atomic E-state index is -1.70. The maximum Gasteiger partial charge on any atom is 0.305 e. The molecule has 27 nitrogen and oxygen atoms in total. The number of unbranched alkanes of at least 4 members (excludes halogenated alkanes) is 2. The Labute approximate surface area is 470 Å². The summed E-state index contributed by atoms with van der Waals surface area (Å²) >= 11 is 1.49. The molecule has 2 rings (SSSR count). The summed E-state index contributed by atoms with van der Waals surface area (Å²) in [6, 6.07) is -5.99. The minimum absolute atomic E-state index is 0.0124. The Kier molecular flexibility index (Phi) is 31.5. The predicted octanol–water partition coefficient (Wildman–Crippen LogP) is -2.38. The molecular weight excluding hydrogens is 1060 g/mol. The molecule has 1 aliphatic rings. The lowest BCUT2D eigenvalue weighted by atomic mass is 9.95. The number of hydrogen-bond acceptors (Lipinski definition) is 17. The zero-order valence-corrected chi connectivity index (χ0v) is 47.1. The molecular formula is C52H84N12O15S. The monoisotopic (exact) mass is 1150 g/mol. The van der Waals surface area contributed by atoms with Gasteiger partial charge in [-0.25, -0.2) is 0 Å². The van der Waals surface area contributed by atoms with Crippen molar-refractivity contribution in [3.8, 4) is 5.75 Å². The van der Waals surface area contributed by atoms with Gasteiger partial charge in [0.25, 0.3) is 0 Å². The summed E-state index contributed by atoms with van der Waals surface area (Å²) in [4.78, 5) is 160. The van der Waals surface area contributed by atoms with E-state index in [4.69, 9.17) is 17.2 Å². The van der Waals surface area contributed by atoms with E-state index >= 15 is 0 Å². The molecule has 0 bridgehead atoms. The van der Waals surface area contributed by atoms with Crippen LogP contribution in [0.3, 0.4) is 0 Å². The fourth-order valence-electron chi connectivity index (χ4n) is 8.54. The molecule has 0 spiro atoms. The highest BCUT2D eigenvalue weighted by Crippen LogP contribution is 2.21. The van der Waals surface area contributed by atoms with Crippen molar-refractivity contribution in [2.45, 2.75) is 166 Å². The van der Waals surface area contributed by atoms with Gasteiger partial charge in [0.1, 0.15) is 54.3 Å². The summed E-state index contributed by atoms with van der Waals surface area (Å²) in [5.41, 5.74) is 17.9. The number of aliphatic carboxylic acids is 2. The topological polar surface area (TPSA) is 443 Å². The Hall–Kier alpha value is -6.91. The molecule has 1 heterocycles. The Bertz CT molecular complexity index is 2260. The lowest BCUT2D eigenvalue weighted by molar-refractivity contribution is -0.146. The average molecular weight is 1150 g/mol. The second kappa shape index (κ2) is 36.4. The number of carboxylic acids is 2. The Morgan fingerprint density at radius 3 is 1.79 bits per heavy atom. The Morgan fingerprint density at radius 2 is 1.24 bits per heavy atom. The van der Waals surface area contributed by atoms with Crippen molar-refractivity contribution in [1.82, 2.24) is 47.4 Å². The highest BCUT2D eigenvalue weighted by atomic mass is 32.2. The zero-order chi connectivity index (χ0) is 60.1. The number of aromatic hydroxyl groups is 1. The van der Waals surface area contributed by atoms with E-state index < -0.39 is 151 Å². The highest BCUT2D eigenvalue weighted by molar-refractivity contribution is 7.98. The van der Waals surface area contributed by atoms with Crippen molar-refractivity contribution < 1.29 is 72.9 Å². The zero-order valence-electron chi connectivity index (χ0n) is 46.3. The molecule has 0 aliphatic carbocycles. The number of amides is 9. The summed E-state index contributed by atoms with van der Waals surface area (Å²) in [6.07, 6.45) is 3.42. The molecule has 448 valence electrons. The van der Waals surface area contributed by atoms with E-state index in [0.717, 1.165) is 4.90 Å². The van der Waals surface area contributed by atoms with Crippen LogP contribution < -0.4 is 59.7 Å². The third-order valence-electron chi connectivity index (χ3n) is 13.3. The van der Waals surface area contributed by atoms with E-state index in [1.54, 1.807) is 27.7 Å². The number of carbonyl (C=O) groups excluding carboxylic acids is 10. The van der Waals surface area contributed by atoms with Crippen LogP contribution in [0.15, 0.2) is 24.3 Å². The molecule has 1 aliphatic heterocycles. The third kappa shape index (κ3) is 24.2. The first-order valence-electron chi connectivity index (χ1n) is 26.9. The smallest absolute Gasteiger partial charge is 0.305 e. The largest absolute Gasteiger partial charge is 0.508 e. The van der Waals surface area contributed by atoms with Crippen molar-refractivity contribution in [2.75, 3.05) is 38.2 Å². The Balaban J connectivity index is 2.27. The van der Waals surface area contributed by atoms with Gasteiger partial charge in [-0.1, -0.05) is 46.2 Å². The molecule has 10 unspecified atom stereocenters. The van der Waals surface area contributed by atoms with E-state index in [9.17, 15) is 72.9 Å². The number of carbonyl (C=O) groups is 12. The number of phenols is 1. The van der Waals surface area contributed by atoms with Crippen LogP contribution in [0.1, 0.15) is 110 Å². The maximum atomic E-state index is 14.2. The molecule has 80 heavy (non-hydrogen) atoms. The second-order valence-corrected chi connectivity index (χ2v) is 21.1. The van der Waals surface area contributed by atoms with Crippen LogP contribution in [0, 0.1) is 11.8 Å². The number of hydrogen-bond donors (Lipinski definition) is 14. The van der Waals surface area contributed by atoms with Crippen molar-refractivity contribution in [3.05, 3.63) is 29.8 Å². The van der Waals surface area contributed by atoms with Crippen LogP contribution in [0.25, 0.3) is 0 Å². The summed E-state index contributed by atoms with van der Waals surface area (Å²) in [6.45, 7) is 6.37. The molecule has 1 fully saturated rings. The highest BCUT2D eigenvalue weighted by Gasteiger charge is 2.41. The van der Waals surface area contributed by atoms with Gasteiger partial charge in [-0.05, 0) is 119 Å². The number of likely N-dealkylation sites (tertiary alicyclic amines) is 1. The predicted molar refractivity (Wildman–Crippen MR) is 295 cm³/mol. The molecule has 9 amide bonds. The average Bonchev–Trinajstić information content (AvgIpc) is 3.91. The van der Waals surface area contributed by atoms with Gasteiger partial charge >= 0.3 is 11.9 Å². The molecule has 17 N–H and O–H groups in total. The number of aldehydes is 1. The summed E-state index contributed by atoms with van der Waals surface area (Å²) in [5.74, 6) is -11.2. The number of benzene rings is 1. The molecule has 1 aromatic carbocycles. The maximum absolute atomic E-state index is 14.2. The van der Waals surface area contributed by atoms with Crippen LogP contribution in [-0.4, -0.2) is 184 Å². The van der Waals surface area contributed by atoms with E-state index in [1.807, 2.05) is 6.26 Å². The normalized spacial score (nSPS) is 16.4. The van der Waals surface area contributed by atoms with Gasteiger partial charge in [0.15, 0.2) is 0 Å². The lowest BCUT2D eigenvalue weighted by Gasteiger charge is -2.31. The number of nitrogens with zero attached hydrogens (tertiary/aromatic N) is 1. The first-order valence-corrected chi connectivity index (χ1v) is 28.3. The third-order valence-corrected chi connectivity index (χ3v) is 14.0. The molecule has 28 heteroatoms. The molecule has 10 atom stereocenters. The summed E-state index contributed by atoms with van der Waals surface area (Å²) in [5, 5.41) is 49.2. The summed E-state index contributed by atoms with van der Waals surface area (Å²) < 4.78 is 0. The van der Waals surface area contributed by atoms with Crippen molar-refractivity contribution in [2.24, 2.45) is 29.0 Å². The van der Waals surface area contributed by atoms with Crippen LogP contribution in [0.4, 0.5) is 0 Å². The standard InChI is InChI=1S/C52H84N12O15S/c1-6-30(4)44(51(78)61-37(25-41(68)69)48(75)57-32(28-65)24-31-15-17-33(66)18-16-31)63-50(77)43(29(2)3)62-47(74)36(13-8-10-21-54)60-49(76)39-14-11-22-64(39)52(79)38(26-42(70)71)58-40(67)27-56-46(73)35(12-7-9-20-53)59-45(72)34(55)19-23-80-5/h15-18,28-30,32,34-39,43-44,66H,6-14,19-27,53-55H2,1-5H3,(H,56,73)(H,57,75)(H,58,67)(H,59,72)(H,60,76)(H,61,78)(H,62,74)(H,63,77)(H,68,69)(H,70,71). The van der Waals surface area contributed by atoms with E-state index in [0.29, 0.717) is 62.7 Å². The van der Waals surface area contributed by atoms with Gasteiger partial charge in [-0.15, -0.1) is 0 Å². The summed E-state index contributed by atoms with van der Waals surface area (Å²) in [7, 11) is 0. The number of thioether (sulfide) groups is 1. The molecule has 0 aromatic heterocycles. The first kappa shape index (κ1) is 69.2. The fourth-order valence-corrected chi connectivity index (χ4v) is 9.03. The number of carboxylic acid groups (broad SMARTS) is 2. The van der Waals surface area contributed by atoms with Gasteiger partial charge in [0.2, 0.25) is 53.2 Å². The van der Waals surface area contributed by atoms with Crippen LogP contribution in [0.5, 0.6) is 5.75 Å². The number of nitrogens with one attached hydrogen (secondary N) is 8. The molecule has 0 radical (unpaired) electrons. The van der Waals surface area contributed by atoms with Crippen molar-refractivity contribution in [3.63, 3.8) is 0 Å².